The second-order valence-corrected chi connectivity index (χ2v) is 24.5. The zero-order valence-electron chi connectivity index (χ0n) is 35.6. The molecule has 4 aromatic carbocycles. The average Bonchev–Trinajstić information content (AvgIpc) is 3.53. The Morgan fingerprint density at radius 1 is 0.812 bits per heavy atom. The van der Waals surface area contributed by atoms with Gasteiger partial charge in [0, 0.05) is 42.0 Å². The molecule has 0 aliphatic carbocycles. The summed E-state index contributed by atoms with van der Waals surface area (Å²) in [6.07, 6.45) is 2.10. The SMILES string of the molecule is [2H]C([2H])([2H])c1ccc(-c2ccc3c(sc4c(-c5cc(C([2H])([2H])C(C)C)ccn5)[c-]ccc43)c2C([2H])([2H])[2H])cc1.[CH3][Ge]([CH3])([CH3])[c]1ccc(-c2[c-]cccc2)nc1.[Ir]. The van der Waals surface area contributed by atoms with Crippen LogP contribution in [0.3, 0.4) is 0 Å². The van der Waals surface area contributed by atoms with Crippen LogP contribution >= 0.6 is 11.3 Å². The second kappa shape index (κ2) is 15.4. The molecular formula is C43H42GeIrN2S-2. The summed E-state index contributed by atoms with van der Waals surface area (Å²) in [5, 5.41) is 1.67. The van der Waals surface area contributed by atoms with Gasteiger partial charge in [0.1, 0.15) is 0 Å². The topological polar surface area (TPSA) is 25.8 Å². The number of aromatic nitrogens is 2. The van der Waals surface area contributed by atoms with Crippen molar-refractivity contribution in [3.05, 3.63) is 138 Å². The fraction of sp³-hybridized carbons (Fsp3) is 0.209. The molecule has 0 bridgehead atoms. The molecule has 0 amide bonds. The minimum Gasteiger partial charge on any atom is 0 e. The predicted molar refractivity (Wildman–Crippen MR) is 206 cm³/mol. The molecule has 245 valence electrons. The number of aryl methyl sites for hydroxylation is 2. The van der Waals surface area contributed by atoms with Crippen molar-refractivity contribution in [3.63, 3.8) is 0 Å². The quantitative estimate of drug-likeness (QED) is 0.123. The molecule has 48 heavy (non-hydrogen) atoms. The van der Waals surface area contributed by atoms with Crippen LogP contribution in [-0.2, 0) is 26.5 Å². The summed E-state index contributed by atoms with van der Waals surface area (Å²) < 4.78 is 68.0. The van der Waals surface area contributed by atoms with Crippen LogP contribution < -0.4 is 4.40 Å². The Morgan fingerprint density at radius 3 is 2.29 bits per heavy atom. The average molecular weight is 892 g/mol. The van der Waals surface area contributed by atoms with E-state index in [0.29, 0.717) is 32.6 Å². The smallest absolute Gasteiger partial charge is 0 e. The Morgan fingerprint density at radius 2 is 1.62 bits per heavy atom. The van der Waals surface area contributed by atoms with Crippen molar-refractivity contribution in [1.82, 2.24) is 9.97 Å². The number of rotatable bonds is 6. The molecule has 3 heterocycles. The van der Waals surface area contributed by atoms with E-state index in [0.717, 1.165) is 26.7 Å². The molecule has 0 unspecified atom stereocenters. The predicted octanol–water partition coefficient (Wildman–Crippen LogP) is 11.5. The van der Waals surface area contributed by atoms with E-state index in [-0.39, 0.29) is 37.2 Å². The number of thiophene rings is 1. The largest absolute Gasteiger partial charge is 0 e. The molecule has 0 atom stereocenters. The van der Waals surface area contributed by atoms with Gasteiger partial charge >= 0.3 is 99.8 Å². The maximum atomic E-state index is 8.52. The number of pyridine rings is 2. The molecule has 1 radical (unpaired) electrons. The first-order valence-corrected chi connectivity index (χ1v) is 23.8. The van der Waals surface area contributed by atoms with Crippen LogP contribution in [0.5, 0.6) is 0 Å². The minimum absolute atomic E-state index is 0. The van der Waals surface area contributed by atoms with Crippen molar-refractivity contribution >= 4 is 49.2 Å². The van der Waals surface area contributed by atoms with Crippen LogP contribution in [-0.4, -0.2) is 23.2 Å². The molecule has 0 spiro atoms. The Hall–Kier alpha value is -3.41. The Balaban J connectivity index is 0.000000295. The molecule has 0 aliphatic heterocycles. The summed E-state index contributed by atoms with van der Waals surface area (Å²) in [4.78, 5) is 9.05. The molecule has 5 heteroatoms. The van der Waals surface area contributed by atoms with Crippen molar-refractivity contribution in [2.75, 3.05) is 0 Å². The number of fused-ring (bicyclic) bond motifs is 3. The third kappa shape index (κ3) is 8.06. The monoisotopic (exact) mass is 893 g/mol. The summed E-state index contributed by atoms with van der Waals surface area (Å²) in [6, 6.07) is 35.9. The van der Waals surface area contributed by atoms with E-state index in [1.54, 1.807) is 42.6 Å². The van der Waals surface area contributed by atoms with E-state index >= 15 is 0 Å². The summed E-state index contributed by atoms with van der Waals surface area (Å²) in [5.41, 5.74) is 5.44. The zero-order chi connectivity index (χ0) is 39.9. The van der Waals surface area contributed by atoms with Gasteiger partial charge in [0.05, 0.1) is 0 Å². The third-order valence-electron chi connectivity index (χ3n) is 7.88. The standard InChI is InChI=1S/C29H26NS.C14H16GeN.Ir/c1-18(2)16-21-14-15-30-27(17-21)26-7-5-6-24-25-13-12-23(20(4)28(25)31-29(24)26)22-10-8-19(3)9-11-22;1-15(2,3)13-9-10-14(16-11-13)12-7-5-4-6-8-12;/h5-6,8-15,17-18H,16H2,1-4H3;4-7,9-11H,1-3H3;/q2*-1;/i3D3,4D3,16D2;;. The molecule has 0 aliphatic rings. The molecule has 0 fully saturated rings. The maximum absolute atomic E-state index is 8.52. The number of nitrogens with zero attached hydrogens (tertiary/aromatic N) is 2. The van der Waals surface area contributed by atoms with Gasteiger partial charge in [0.2, 0.25) is 0 Å². The van der Waals surface area contributed by atoms with E-state index in [1.807, 2.05) is 56.4 Å². The number of hydrogen-bond donors (Lipinski definition) is 0. The number of benzene rings is 4. The van der Waals surface area contributed by atoms with Gasteiger partial charge in [-0.3, -0.25) is 0 Å². The van der Waals surface area contributed by atoms with Gasteiger partial charge in [-0.25, -0.2) is 0 Å². The van der Waals surface area contributed by atoms with Gasteiger partial charge in [-0.1, -0.05) is 72.8 Å². The number of hydrogen-bond acceptors (Lipinski definition) is 3. The van der Waals surface area contributed by atoms with E-state index in [2.05, 4.69) is 51.5 Å². The first-order chi connectivity index (χ1) is 25.8. The zero-order valence-corrected chi connectivity index (χ0v) is 32.9. The van der Waals surface area contributed by atoms with Gasteiger partial charge in [-0.05, 0) is 64.5 Å². The van der Waals surface area contributed by atoms with Crippen molar-refractivity contribution in [2.24, 2.45) is 5.92 Å². The van der Waals surface area contributed by atoms with Gasteiger partial charge in [0.15, 0.2) is 0 Å². The molecule has 7 aromatic rings. The van der Waals surface area contributed by atoms with Gasteiger partial charge < -0.3 is 4.98 Å². The van der Waals surface area contributed by atoms with Crippen molar-refractivity contribution in [2.45, 2.75) is 51.2 Å². The van der Waals surface area contributed by atoms with E-state index in [1.165, 1.54) is 27.9 Å². The van der Waals surface area contributed by atoms with Crippen LogP contribution in [0.25, 0.3) is 53.8 Å². The summed E-state index contributed by atoms with van der Waals surface area (Å²) >= 11 is -0.358. The first kappa shape index (κ1) is 26.5. The van der Waals surface area contributed by atoms with Gasteiger partial charge in [-0.2, -0.15) is 11.3 Å². The molecule has 7 rings (SSSR count). The molecular weight excluding hydrogens is 841 g/mol. The van der Waals surface area contributed by atoms with E-state index in [9.17, 15) is 0 Å². The van der Waals surface area contributed by atoms with Crippen LogP contribution in [0.2, 0.25) is 17.3 Å². The van der Waals surface area contributed by atoms with Gasteiger partial charge in [0.25, 0.3) is 0 Å². The van der Waals surface area contributed by atoms with Crippen molar-refractivity contribution in [1.29, 1.82) is 0 Å². The summed E-state index contributed by atoms with van der Waals surface area (Å²) in [6.45, 7) is -0.991. The van der Waals surface area contributed by atoms with E-state index < -0.39 is 33.3 Å². The molecule has 3 aromatic heterocycles. The van der Waals surface area contributed by atoms with Crippen molar-refractivity contribution in [3.8, 4) is 33.6 Å². The Kier molecular flexibility index (Phi) is 8.50. The fourth-order valence-corrected chi connectivity index (χ4v) is 8.86. The van der Waals surface area contributed by atoms with Crippen molar-refractivity contribution < 1.29 is 31.1 Å². The molecule has 0 N–H and O–H groups in total. The molecule has 0 saturated carbocycles. The Bertz CT molecular complexity index is 2440. The van der Waals surface area contributed by atoms with Crippen LogP contribution in [0.4, 0.5) is 0 Å². The minimum atomic E-state index is -2.42. The third-order valence-corrected chi connectivity index (χ3v) is 13.4. The summed E-state index contributed by atoms with van der Waals surface area (Å²) in [7, 11) is 0. The normalized spacial score (nSPS) is 14.6. The van der Waals surface area contributed by atoms with Crippen LogP contribution in [0, 0.1) is 31.8 Å². The van der Waals surface area contributed by atoms with Gasteiger partial charge in [-0.15, -0.1) is 23.8 Å². The maximum Gasteiger partial charge on any atom is 0 e. The Labute approximate surface area is 317 Å². The fourth-order valence-electron chi connectivity index (χ4n) is 5.43. The van der Waals surface area contributed by atoms with Crippen LogP contribution in [0.1, 0.15) is 41.5 Å². The molecule has 2 nitrogen and oxygen atoms in total. The first-order valence-electron chi connectivity index (χ1n) is 19.7. The second-order valence-electron chi connectivity index (χ2n) is 12.8. The summed E-state index contributed by atoms with van der Waals surface area (Å²) in [5.74, 6) is 6.91. The van der Waals surface area contributed by atoms with E-state index in [4.69, 9.17) is 11.0 Å². The molecule has 0 saturated heterocycles. The van der Waals surface area contributed by atoms with Crippen LogP contribution in [0.15, 0.2) is 109 Å².